The van der Waals surface area contributed by atoms with Crippen molar-refractivity contribution in [1.29, 1.82) is 0 Å². The number of benzene rings is 2. The van der Waals surface area contributed by atoms with Crippen molar-refractivity contribution < 1.29 is 9.47 Å². The van der Waals surface area contributed by atoms with Gasteiger partial charge in [0.05, 0.1) is 13.7 Å². The fourth-order valence-corrected chi connectivity index (χ4v) is 2.39. The van der Waals surface area contributed by atoms with Crippen molar-refractivity contribution in [3.63, 3.8) is 0 Å². The van der Waals surface area contributed by atoms with E-state index in [1.54, 1.807) is 19.4 Å². The Morgan fingerprint density at radius 3 is 2.20 bits per heavy atom. The van der Waals surface area contributed by atoms with E-state index in [4.69, 9.17) is 15.2 Å². The first-order chi connectivity index (χ1) is 12.3. The Bertz CT molecular complexity index is 661. The van der Waals surface area contributed by atoms with Gasteiger partial charge in [-0.1, -0.05) is 24.3 Å². The van der Waals surface area contributed by atoms with Gasteiger partial charge in [0.1, 0.15) is 11.5 Å². The Labute approximate surface area is 150 Å². The largest absolute Gasteiger partial charge is 0.497 e. The van der Waals surface area contributed by atoms with E-state index in [0.29, 0.717) is 6.61 Å². The average Bonchev–Trinajstić information content (AvgIpc) is 2.66. The van der Waals surface area contributed by atoms with Crippen molar-refractivity contribution in [3.8, 4) is 11.5 Å². The molecule has 0 spiro atoms. The van der Waals surface area contributed by atoms with Gasteiger partial charge in [-0.05, 0) is 66.9 Å². The summed E-state index contributed by atoms with van der Waals surface area (Å²) in [5.41, 5.74) is 7.79. The van der Waals surface area contributed by atoms with Crippen LogP contribution in [0.25, 0.3) is 0 Å². The topological polar surface area (TPSA) is 56.8 Å². The molecule has 2 aromatic rings. The van der Waals surface area contributed by atoms with E-state index in [1.807, 2.05) is 24.3 Å². The van der Waals surface area contributed by atoms with Crippen LogP contribution in [0.3, 0.4) is 0 Å². The zero-order valence-electron chi connectivity index (χ0n) is 14.7. The summed E-state index contributed by atoms with van der Waals surface area (Å²) < 4.78 is 11.0. The lowest BCUT2D eigenvalue weighted by Gasteiger charge is -2.07. The molecule has 0 aliphatic rings. The highest BCUT2D eigenvalue weighted by Crippen LogP contribution is 2.15. The molecule has 2 aromatic carbocycles. The van der Waals surface area contributed by atoms with Crippen LogP contribution >= 0.6 is 0 Å². The highest BCUT2D eigenvalue weighted by molar-refractivity contribution is 5.70. The first-order valence-electron chi connectivity index (χ1n) is 8.53. The molecular formula is C21H26N2O2. The molecule has 0 heterocycles. The molecule has 0 fully saturated rings. The number of allylic oxidation sites excluding steroid dienone is 1. The Kier molecular flexibility index (Phi) is 8.12. The van der Waals surface area contributed by atoms with Crippen LogP contribution < -0.4 is 15.2 Å². The molecule has 0 aromatic heterocycles. The molecule has 25 heavy (non-hydrogen) atoms. The molecule has 4 heteroatoms. The Morgan fingerprint density at radius 1 is 0.920 bits per heavy atom. The predicted molar refractivity (Wildman–Crippen MR) is 104 cm³/mol. The summed E-state index contributed by atoms with van der Waals surface area (Å²) >= 11 is 0. The van der Waals surface area contributed by atoms with Crippen molar-refractivity contribution in [2.45, 2.75) is 19.3 Å². The lowest BCUT2D eigenvalue weighted by molar-refractivity contribution is 0.311. The van der Waals surface area contributed by atoms with Crippen LogP contribution in [0.2, 0.25) is 0 Å². The molecule has 0 aliphatic heterocycles. The van der Waals surface area contributed by atoms with Gasteiger partial charge in [-0.2, -0.15) is 0 Å². The summed E-state index contributed by atoms with van der Waals surface area (Å²) in [6.45, 7) is 1.47. The maximum absolute atomic E-state index is 5.81. The third-order valence-corrected chi connectivity index (χ3v) is 3.79. The average molecular weight is 338 g/mol. The molecule has 0 atom stereocenters. The molecule has 132 valence electrons. The highest BCUT2D eigenvalue weighted by Gasteiger charge is 1.98. The van der Waals surface area contributed by atoms with E-state index >= 15 is 0 Å². The molecule has 0 amide bonds. The Morgan fingerprint density at radius 2 is 1.56 bits per heavy atom. The minimum Gasteiger partial charge on any atom is -0.497 e. The van der Waals surface area contributed by atoms with Crippen molar-refractivity contribution in [1.82, 2.24) is 0 Å². The Hall–Kier alpha value is -2.75. The lowest BCUT2D eigenvalue weighted by Crippen LogP contribution is -2.00. The fraction of sp³-hybridized carbons (Fsp3) is 0.286. The van der Waals surface area contributed by atoms with Gasteiger partial charge in [-0.15, -0.1) is 0 Å². The molecule has 0 saturated carbocycles. The minimum atomic E-state index is 0.709. The van der Waals surface area contributed by atoms with Crippen molar-refractivity contribution >= 4 is 6.21 Å². The van der Waals surface area contributed by atoms with Gasteiger partial charge in [-0.25, -0.2) is 0 Å². The van der Waals surface area contributed by atoms with E-state index < -0.39 is 0 Å². The highest BCUT2D eigenvalue weighted by atomic mass is 16.5. The minimum absolute atomic E-state index is 0.709. The van der Waals surface area contributed by atoms with Gasteiger partial charge in [0.15, 0.2) is 0 Å². The second kappa shape index (κ2) is 10.9. The van der Waals surface area contributed by atoms with Crippen LogP contribution in [0.4, 0.5) is 0 Å². The maximum Gasteiger partial charge on any atom is 0.119 e. The van der Waals surface area contributed by atoms with Crippen molar-refractivity contribution in [2.24, 2.45) is 10.7 Å². The zero-order valence-corrected chi connectivity index (χ0v) is 14.7. The molecular weight excluding hydrogens is 312 g/mol. The molecule has 0 unspecified atom stereocenters. The van der Waals surface area contributed by atoms with Gasteiger partial charge < -0.3 is 15.2 Å². The van der Waals surface area contributed by atoms with Crippen molar-refractivity contribution in [2.75, 3.05) is 20.3 Å². The van der Waals surface area contributed by atoms with Crippen LogP contribution in [-0.2, 0) is 12.8 Å². The van der Waals surface area contributed by atoms with Gasteiger partial charge in [-0.3, -0.25) is 4.99 Å². The number of rotatable bonds is 10. The normalized spacial score (nSPS) is 11.2. The van der Waals surface area contributed by atoms with Crippen molar-refractivity contribution in [3.05, 3.63) is 71.9 Å². The molecule has 0 saturated heterocycles. The number of hydrogen-bond acceptors (Lipinski definition) is 4. The number of aryl methyl sites for hydroxylation is 1. The summed E-state index contributed by atoms with van der Waals surface area (Å²) in [5.74, 6) is 1.80. The standard InChI is InChI=1S/C21H26N2O2/c1-24-20-9-5-18(6-10-20)4-2-17-25-21-11-7-19(8-12-21)13-16-23-15-3-14-22/h3,5-12,14-15H,2,4,13,16-17,22H2,1H3/b14-3-,23-15?. The second-order valence-electron chi connectivity index (χ2n) is 5.63. The van der Waals surface area contributed by atoms with Crippen LogP contribution in [0.1, 0.15) is 17.5 Å². The van der Waals surface area contributed by atoms with Gasteiger partial charge in [0.25, 0.3) is 0 Å². The summed E-state index contributed by atoms with van der Waals surface area (Å²) in [5, 5.41) is 0. The number of hydrogen-bond donors (Lipinski definition) is 1. The quantitative estimate of drug-likeness (QED) is 0.530. The van der Waals surface area contributed by atoms with E-state index in [-0.39, 0.29) is 0 Å². The lowest BCUT2D eigenvalue weighted by atomic mass is 10.1. The number of nitrogens with zero attached hydrogens (tertiary/aromatic N) is 1. The number of nitrogens with two attached hydrogens (primary N) is 1. The number of ether oxygens (including phenoxy) is 2. The summed E-state index contributed by atoms with van der Waals surface area (Å²) in [4.78, 5) is 4.25. The zero-order chi connectivity index (χ0) is 17.7. The summed E-state index contributed by atoms with van der Waals surface area (Å²) in [6.07, 6.45) is 7.81. The number of methoxy groups -OCH3 is 1. The third kappa shape index (κ3) is 7.12. The van der Waals surface area contributed by atoms with E-state index in [0.717, 1.165) is 37.3 Å². The second-order valence-corrected chi connectivity index (χ2v) is 5.63. The smallest absolute Gasteiger partial charge is 0.119 e. The third-order valence-electron chi connectivity index (χ3n) is 3.79. The maximum atomic E-state index is 5.81. The summed E-state index contributed by atoms with van der Waals surface area (Å²) in [6, 6.07) is 16.4. The first kappa shape index (κ1) is 18.6. The van der Waals surface area contributed by atoms with Crippen LogP contribution in [-0.4, -0.2) is 26.5 Å². The monoisotopic (exact) mass is 338 g/mol. The molecule has 2 rings (SSSR count). The first-order valence-corrected chi connectivity index (χ1v) is 8.53. The van der Waals surface area contributed by atoms with E-state index in [2.05, 4.69) is 29.3 Å². The SMILES string of the molecule is COc1ccc(CCCOc2ccc(CCN=C/C=C\N)cc2)cc1. The summed E-state index contributed by atoms with van der Waals surface area (Å²) in [7, 11) is 1.68. The predicted octanol–water partition coefficient (Wildman–Crippen LogP) is 3.79. The molecule has 2 N–H and O–H groups in total. The fourth-order valence-electron chi connectivity index (χ4n) is 2.39. The van der Waals surface area contributed by atoms with Crippen LogP contribution in [0.15, 0.2) is 65.8 Å². The van der Waals surface area contributed by atoms with Gasteiger partial charge >= 0.3 is 0 Å². The van der Waals surface area contributed by atoms with Gasteiger partial charge in [0.2, 0.25) is 0 Å². The molecule has 4 nitrogen and oxygen atoms in total. The molecule has 0 radical (unpaired) electrons. The van der Waals surface area contributed by atoms with Crippen LogP contribution in [0, 0.1) is 0 Å². The number of aliphatic imine (C=N–C) groups is 1. The van der Waals surface area contributed by atoms with E-state index in [9.17, 15) is 0 Å². The van der Waals surface area contributed by atoms with Gasteiger partial charge in [0, 0.05) is 12.8 Å². The Balaban J connectivity index is 1.66. The molecule has 0 aliphatic carbocycles. The van der Waals surface area contributed by atoms with E-state index in [1.165, 1.54) is 17.3 Å². The van der Waals surface area contributed by atoms with Crippen LogP contribution in [0.5, 0.6) is 11.5 Å². The molecule has 0 bridgehead atoms.